The zero-order chi connectivity index (χ0) is 14.0. The second-order valence-corrected chi connectivity index (χ2v) is 6.30. The summed E-state index contributed by atoms with van der Waals surface area (Å²) < 4.78 is 15.6. The molecule has 0 atom stereocenters. The smallest absolute Gasteiger partial charge is 0.259 e. The molecule has 0 heterocycles. The highest BCUT2D eigenvalue weighted by atomic mass is 79.9. The van der Waals surface area contributed by atoms with Crippen LogP contribution in [0.25, 0.3) is 0 Å². The molecular formula is C13H7Br3FNO. The zero-order valence-electron chi connectivity index (χ0n) is 9.38. The van der Waals surface area contributed by atoms with Crippen LogP contribution in [0.3, 0.4) is 0 Å². The van der Waals surface area contributed by atoms with Gasteiger partial charge in [-0.1, -0.05) is 22.0 Å². The van der Waals surface area contributed by atoms with Gasteiger partial charge in [0.25, 0.3) is 5.91 Å². The van der Waals surface area contributed by atoms with Crippen molar-refractivity contribution in [3.63, 3.8) is 0 Å². The molecule has 2 rings (SSSR count). The number of carbonyl (C=O) groups excluding carboxylic acids is 1. The molecular weight excluding hydrogens is 445 g/mol. The van der Waals surface area contributed by atoms with Gasteiger partial charge in [-0.3, -0.25) is 4.79 Å². The molecule has 0 spiro atoms. The predicted molar refractivity (Wildman–Crippen MR) is 83.9 cm³/mol. The standard InChI is InChI=1S/C13H7Br3FNO/c14-7-4-5-8(15)11(6-7)18-13(19)12-9(16)2-1-3-10(12)17/h1-6H,(H,18,19). The molecule has 0 unspecified atom stereocenters. The summed E-state index contributed by atoms with van der Waals surface area (Å²) in [5.74, 6) is -1.08. The molecule has 98 valence electrons. The molecule has 1 N–H and O–H groups in total. The minimum Gasteiger partial charge on any atom is -0.321 e. The van der Waals surface area contributed by atoms with Gasteiger partial charge in [0, 0.05) is 13.4 Å². The molecule has 19 heavy (non-hydrogen) atoms. The average molecular weight is 452 g/mol. The van der Waals surface area contributed by atoms with Crippen molar-refractivity contribution >= 4 is 59.4 Å². The Kier molecular flexibility index (Phi) is 4.76. The van der Waals surface area contributed by atoms with Crippen LogP contribution in [0.1, 0.15) is 10.4 Å². The third kappa shape index (κ3) is 3.43. The van der Waals surface area contributed by atoms with Gasteiger partial charge in [-0.25, -0.2) is 4.39 Å². The lowest BCUT2D eigenvalue weighted by Gasteiger charge is -2.09. The van der Waals surface area contributed by atoms with Crippen molar-refractivity contribution in [2.24, 2.45) is 0 Å². The van der Waals surface area contributed by atoms with Crippen molar-refractivity contribution in [3.8, 4) is 0 Å². The molecule has 0 aliphatic carbocycles. The predicted octanol–water partition coefficient (Wildman–Crippen LogP) is 5.37. The molecule has 0 fully saturated rings. The molecule has 0 radical (unpaired) electrons. The number of hydrogen-bond donors (Lipinski definition) is 1. The normalized spacial score (nSPS) is 10.3. The van der Waals surface area contributed by atoms with E-state index in [1.165, 1.54) is 12.1 Å². The first-order chi connectivity index (χ1) is 8.99. The van der Waals surface area contributed by atoms with E-state index in [0.717, 1.165) is 8.95 Å². The van der Waals surface area contributed by atoms with Crippen molar-refractivity contribution in [3.05, 3.63) is 61.2 Å². The van der Waals surface area contributed by atoms with Gasteiger partial charge < -0.3 is 5.32 Å². The van der Waals surface area contributed by atoms with E-state index in [2.05, 4.69) is 53.1 Å². The Morgan fingerprint density at radius 3 is 2.47 bits per heavy atom. The topological polar surface area (TPSA) is 29.1 Å². The van der Waals surface area contributed by atoms with Gasteiger partial charge in [0.15, 0.2) is 0 Å². The number of hydrogen-bond acceptors (Lipinski definition) is 1. The summed E-state index contributed by atoms with van der Waals surface area (Å²) in [6.07, 6.45) is 0. The lowest BCUT2D eigenvalue weighted by molar-refractivity contribution is 0.102. The van der Waals surface area contributed by atoms with Crippen LogP contribution < -0.4 is 5.32 Å². The molecule has 2 aromatic rings. The molecule has 0 aliphatic heterocycles. The maximum absolute atomic E-state index is 13.7. The maximum atomic E-state index is 13.7. The van der Waals surface area contributed by atoms with Gasteiger partial charge in [-0.2, -0.15) is 0 Å². The van der Waals surface area contributed by atoms with Crippen molar-refractivity contribution < 1.29 is 9.18 Å². The summed E-state index contributed by atoms with van der Waals surface area (Å²) in [7, 11) is 0. The van der Waals surface area contributed by atoms with E-state index in [-0.39, 0.29) is 5.56 Å². The lowest BCUT2D eigenvalue weighted by Crippen LogP contribution is -2.14. The molecule has 0 saturated heterocycles. The van der Waals surface area contributed by atoms with E-state index in [1.807, 2.05) is 6.07 Å². The molecule has 0 aromatic heterocycles. The van der Waals surface area contributed by atoms with E-state index in [0.29, 0.717) is 10.2 Å². The Morgan fingerprint density at radius 2 is 1.79 bits per heavy atom. The molecule has 0 bridgehead atoms. The highest BCUT2D eigenvalue weighted by molar-refractivity contribution is 9.11. The zero-order valence-corrected chi connectivity index (χ0v) is 14.1. The van der Waals surface area contributed by atoms with Crippen molar-refractivity contribution in [1.29, 1.82) is 0 Å². The largest absolute Gasteiger partial charge is 0.321 e. The van der Waals surface area contributed by atoms with Gasteiger partial charge in [0.1, 0.15) is 5.82 Å². The monoisotopic (exact) mass is 449 g/mol. The van der Waals surface area contributed by atoms with Crippen molar-refractivity contribution in [1.82, 2.24) is 0 Å². The number of nitrogens with one attached hydrogen (secondary N) is 1. The fraction of sp³-hybridized carbons (Fsp3) is 0. The first-order valence-electron chi connectivity index (χ1n) is 5.19. The molecule has 2 aromatic carbocycles. The number of rotatable bonds is 2. The van der Waals surface area contributed by atoms with Crippen LogP contribution in [-0.4, -0.2) is 5.91 Å². The summed E-state index contributed by atoms with van der Waals surface area (Å²) >= 11 is 9.82. The van der Waals surface area contributed by atoms with E-state index in [1.54, 1.807) is 18.2 Å². The number of amides is 1. The van der Waals surface area contributed by atoms with Crippen LogP contribution in [0.5, 0.6) is 0 Å². The second kappa shape index (κ2) is 6.15. The minimum absolute atomic E-state index is 0.0191. The molecule has 6 heteroatoms. The third-order valence-electron chi connectivity index (χ3n) is 2.37. The fourth-order valence-corrected chi connectivity index (χ4v) is 2.72. The average Bonchev–Trinajstić information content (AvgIpc) is 2.33. The summed E-state index contributed by atoms with van der Waals surface area (Å²) in [4.78, 5) is 12.1. The third-order valence-corrected chi connectivity index (χ3v) is 4.21. The Bertz CT molecular complexity index is 626. The number of benzene rings is 2. The molecule has 0 saturated carbocycles. The van der Waals surface area contributed by atoms with Gasteiger partial charge in [-0.05, 0) is 62.2 Å². The number of halogens is 4. The van der Waals surface area contributed by atoms with E-state index in [9.17, 15) is 9.18 Å². The van der Waals surface area contributed by atoms with E-state index in [4.69, 9.17) is 0 Å². The maximum Gasteiger partial charge on any atom is 0.259 e. The Labute approximate surface area is 134 Å². The Morgan fingerprint density at radius 1 is 1.05 bits per heavy atom. The SMILES string of the molecule is O=C(Nc1cc(Br)ccc1Br)c1c(F)cccc1Br. The number of carbonyl (C=O) groups is 1. The Hall–Kier alpha value is -0.720. The van der Waals surface area contributed by atoms with Crippen LogP contribution in [0.15, 0.2) is 49.8 Å². The first kappa shape index (κ1) is 14.7. The van der Waals surface area contributed by atoms with Crippen molar-refractivity contribution in [2.45, 2.75) is 0 Å². The highest BCUT2D eigenvalue weighted by Crippen LogP contribution is 2.28. The van der Waals surface area contributed by atoms with Crippen molar-refractivity contribution in [2.75, 3.05) is 5.32 Å². The van der Waals surface area contributed by atoms with Gasteiger partial charge in [-0.15, -0.1) is 0 Å². The summed E-state index contributed by atoms with van der Waals surface area (Å²) in [5.41, 5.74) is 0.545. The quantitative estimate of drug-likeness (QED) is 0.653. The molecule has 0 aliphatic rings. The van der Waals surface area contributed by atoms with Crippen LogP contribution in [0, 0.1) is 5.82 Å². The van der Waals surface area contributed by atoms with Crippen LogP contribution in [-0.2, 0) is 0 Å². The fourth-order valence-electron chi connectivity index (χ4n) is 1.49. The van der Waals surface area contributed by atoms with E-state index >= 15 is 0 Å². The minimum atomic E-state index is -0.571. The van der Waals surface area contributed by atoms with Crippen LogP contribution >= 0.6 is 47.8 Å². The van der Waals surface area contributed by atoms with Crippen LogP contribution in [0.2, 0.25) is 0 Å². The number of anilines is 1. The first-order valence-corrected chi connectivity index (χ1v) is 7.57. The van der Waals surface area contributed by atoms with Gasteiger partial charge in [0.2, 0.25) is 0 Å². The lowest BCUT2D eigenvalue weighted by atomic mass is 10.2. The highest BCUT2D eigenvalue weighted by Gasteiger charge is 2.16. The molecule has 1 amide bonds. The van der Waals surface area contributed by atoms with E-state index < -0.39 is 11.7 Å². The van der Waals surface area contributed by atoms with Crippen LogP contribution in [0.4, 0.5) is 10.1 Å². The molecule has 2 nitrogen and oxygen atoms in total. The Balaban J connectivity index is 2.34. The second-order valence-electron chi connectivity index (χ2n) is 3.67. The summed E-state index contributed by atoms with van der Waals surface area (Å²) in [6, 6.07) is 9.75. The van der Waals surface area contributed by atoms with Gasteiger partial charge in [0.05, 0.1) is 11.3 Å². The summed E-state index contributed by atoms with van der Waals surface area (Å²) in [6.45, 7) is 0. The summed E-state index contributed by atoms with van der Waals surface area (Å²) in [5, 5.41) is 2.66. The van der Waals surface area contributed by atoms with Gasteiger partial charge >= 0.3 is 0 Å².